The second-order valence-corrected chi connectivity index (χ2v) is 6.98. The van der Waals surface area contributed by atoms with E-state index in [1.807, 2.05) is 6.92 Å². The molecule has 0 saturated carbocycles. The topological polar surface area (TPSA) is 78.4 Å². The van der Waals surface area contributed by atoms with Crippen LogP contribution in [0.2, 0.25) is 0 Å². The number of carboxylic acid groups (broad SMARTS) is 1. The predicted molar refractivity (Wildman–Crippen MR) is 108 cm³/mol. The highest BCUT2D eigenvalue weighted by Gasteiger charge is 2.13. The Morgan fingerprint density at radius 2 is 1.96 bits per heavy atom. The van der Waals surface area contributed by atoms with Gasteiger partial charge in [0.2, 0.25) is 5.91 Å². The van der Waals surface area contributed by atoms with E-state index in [9.17, 15) is 9.59 Å². The number of aliphatic carboxylic acids is 1. The number of nitrogens with one attached hydrogen (secondary N) is 2. The molecule has 5 heteroatoms. The maximum Gasteiger partial charge on any atom is 0.322 e. The predicted octanol–water partition coefficient (Wildman–Crippen LogP) is 3.54. The lowest BCUT2D eigenvalue weighted by atomic mass is 9.93. The summed E-state index contributed by atoms with van der Waals surface area (Å²) in [5.74, 6) is -1.43. The van der Waals surface area contributed by atoms with Crippen LogP contribution in [0.25, 0.3) is 17.2 Å². The number of anilines is 1. The molecule has 0 aliphatic carbocycles. The third-order valence-electron chi connectivity index (χ3n) is 4.87. The van der Waals surface area contributed by atoms with E-state index in [1.54, 1.807) is 13.0 Å². The Morgan fingerprint density at radius 1 is 1.19 bits per heavy atom. The quantitative estimate of drug-likeness (QED) is 0.709. The molecule has 0 fully saturated rings. The zero-order chi connectivity index (χ0) is 19.6. The summed E-state index contributed by atoms with van der Waals surface area (Å²) >= 11 is 0. The van der Waals surface area contributed by atoms with Crippen molar-refractivity contribution in [1.82, 2.24) is 5.32 Å². The van der Waals surface area contributed by atoms with Crippen LogP contribution < -0.4 is 10.6 Å². The maximum atomic E-state index is 12.0. The summed E-state index contributed by atoms with van der Waals surface area (Å²) in [4.78, 5) is 22.6. The molecule has 0 bridgehead atoms. The van der Waals surface area contributed by atoms with E-state index < -0.39 is 5.97 Å². The van der Waals surface area contributed by atoms with Gasteiger partial charge in [-0.15, -0.1) is 0 Å². The standard InChI is InChI=1S/C22H24N2O3/c1-13-10-19(16-4-5-20-17(11-16)6-7-23-20)14(2)8-18(13)9-15(3)22(27)24-12-21(25)26/h4-5,8-11,23H,6-7,12H2,1-3H3,(H,24,27)(H,25,26)/b15-9+. The fourth-order valence-corrected chi connectivity index (χ4v) is 3.37. The van der Waals surface area contributed by atoms with Crippen LogP contribution in [0, 0.1) is 13.8 Å². The highest BCUT2D eigenvalue weighted by atomic mass is 16.4. The minimum atomic E-state index is -1.06. The molecule has 0 atom stereocenters. The van der Waals surface area contributed by atoms with Gasteiger partial charge in [-0.1, -0.05) is 18.2 Å². The van der Waals surface area contributed by atoms with Gasteiger partial charge in [0.1, 0.15) is 6.54 Å². The van der Waals surface area contributed by atoms with Crippen molar-refractivity contribution in [1.29, 1.82) is 0 Å². The van der Waals surface area contributed by atoms with E-state index in [0.717, 1.165) is 29.7 Å². The third kappa shape index (κ3) is 4.19. The average molecular weight is 364 g/mol. The smallest absolute Gasteiger partial charge is 0.322 e. The Balaban J connectivity index is 1.88. The molecule has 140 valence electrons. The lowest BCUT2D eigenvalue weighted by Gasteiger charge is -2.12. The van der Waals surface area contributed by atoms with Gasteiger partial charge >= 0.3 is 5.97 Å². The first-order valence-electron chi connectivity index (χ1n) is 9.02. The van der Waals surface area contributed by atoms with Gasteiger partial charge in [0, 0.05) is 17.8 Å². The van der Waals surface area contributed by atoms with E-state index in [-0.39, 0.29) is 12.5 Å². The summed E-state index contributed by atoms with van der Waals surface area (Å²) in [6, 6.07) is 10.7. The number of fused-ring (bicyclic) bond motifs is 1. The number of hydrogen-bond acceptors (Lipinski definition) is 3. The summed E-state index contributed by atoms with van der Waals surface area (Å²) in [5.41, 5.74) is 8.60. The molecule has 1 amide bonds. The lowest BCUT2D eigenvalue weighted by molar-refractivity contribution is -0.137. The first-order valence-corrected chi connectivity index (χ1v) is 9.02. The van der Waals surface area contributed by atoms with Crippen molar-refractivity contribution >= 4 is 23.6 Å². The minimum Gasteiger partial charge on any atom is -0.480 e. The molecule has 1 aliphatic heterocycles. The van der Waals surface area contributed by atoms with Crippen LogP contribution in [-0.4, -0.2) is 30.1 Å². The zero-order valence-corrected chi connectivity index (χ0v) is 15.8. The Morgan fingerprint density at radius 3 is 2.70 bits per heavy atom. The first-order chi connectivity index (χ1) is 12.8. The SMILES string of the molecule is C/C(=C\c1cc(C)c(-c2ccc3c(c2)CCN3)cc1C)C(=O)NCC(=O)O. The Kier molecular flexibility index (Phi) is 5.31. The number of rotatable bonds is 5. The number of carbonyl (C=O) groups excluding carboxylic acids is 1. The van der Waals surface area contributed by atoms with Crippen molar-refractivity contribution in [3.63, 3.8) is 0 Å². The van der Waals surface area contributed by atoms with Gasteiger partial charge in [0.05, 0.1) is 0 Å². The van der Waals surface area contributed by atoms with E-state index in [4.69, 9.17) is 5.11 Å². The second-order valence-electron chi connectivity index (χ2n) is 6.98. The first kappa shape index (κ1) is 18.7. The molecule has 27 heavy (non-hydrogen) atoms. The van der Waals surface area contributed by atoms with Crippen molar-refractivity contribution in [3.8, 4) is 11.1 Å². The summed E-state index contributed by atoms with van der Waals surface area (Å²) in [6.45, 7) is 6.38. The van der Waals surface area contributed by atoms with Crippen molar-refractivity contribution in [2.75, 3.05) is 18.4 Å². The zero-order valence-electron chi connectivity index (χ0n) is 15.8. The number of amides is 1. The maximum absolute atomic E-state index is 12.0. The number of carboxylic acids is 1. The second kappa shape index (κ2) is 7.66. The van der Waals surface area contributed by atoms with Gasteiger partial charge in [-0.3, -0.25) is 9.59 Å². The molecule has 3 rings (SSSR count). The number of hydrogen-bond donors (Lipinski definition) is 3. The molecule has 3 N–H and O–H groups in total. The van der Waals surface area contributed by atoms with Crippen molar-refractivity contribution < 1.29 is 14.7 Å². The summed E-state index contributed by atoms with van der Waals surface area (Å²) in [5, 5.41) is 14.4. The van der Waals surface area contributed by atoms with Crippen LogP contribution in [0.4, 0.5) is 5.69 Å². The molecule has 1 heterocycles. The molecule has 5 nitrogen and oxygen atoms in total. The monoisotopic (exact) mass is 364 g/mol. The summed E-state index contributed by atoms with van der Waals surface area (Å²) < 4.78 is 0. The summed E-state index contributed by atoms with van der Waals surface area (Å²) in [6.07, 6.45) is 2.85. The summed E-state index contributed by atoms with van der Waals surface area (Å²) in [7, 11) is 0. The van der Waals surface area contributed by atoms with Crippen LogP contribution in [0.5, 0.6) is 0 Å². The fourth-order valence-electron chi connectivity index (χ4n) is 3.37. The Labute approximate surface area is 159 Å². The highest BCUT2D eigenvalue weighted by molar-refractivity contribution is 5.98. The molecular weight excluding hydrogens is 340 g/mol. The molecule has 0 spiro atoms. The van der Waals surface area contributed by atoms with Crippen LogP contribution >= 0.6 is 0 Å². The van der Waals surface area contributed by atoms with Gasteiger partial charge in [0.25, 0.3) is 0 Å². The van der Waals surface area contributed by atoms with Gasteiger partial charge in [-0.25, -0.2) is 0 Å². The van der Waals surface area contributed by atoms with E-state index in [2.05, 4.69) is 47.9 Å². The minimum absolute atomic E-state index is 0.371. The normalized spacial score (nSPS) is 13.1. The average Bonchev–Trinajstić information content (AvgIpc) is 3.09. The van der Waals surface area contributed by atoms with Crippen molar-refractivity contribution in [3.05, 3.63) is 58.2 Å². The van der Waals surface area contributed by atoms with Crippen LogP contribution in [0.3, 0.4) is 0 Å². The molecule has 2 aromatic rings. The molecule has 0 aromatic heterocycles. The van der Waals surface area contributed by atoms with E-state index in [1.165, 1.54) is 22.4 Å². The van der Waals surface area contributed by atoms with Gasteiger partial charge < -0.3 is 15.7 Å². The third-order valence-corrected chi connectivity index (χ3v) is 4.87. The number of aryl methyl sites for hydroxylation is 2. The molecular formula is C22H24N2O3. The van der Waals surface area contributed by atoms with E-state index >= 15 is 0 Å². The molecule has 0 radical (unpaired) electrons. The molecule has 1 aliphatic rings. The Bertz CT molecular complexity index is 945. The van der Waals surface area contributed by atoms with Crippen LogP contribution in [0.15, 0.2) is 35.9 Å². The van der Waals surface area contributed by atoms with Crippen molar-refractivity contribution in [2.24, 2.45) is 0 Å². The van der Waals surface area contributed by atoms with Crippen LogP contribution in [0.1, 0.15) is 29.2 Å². The molecule has 2 aromatic carbocycles. The van der Waals surface area contributed by atoms with E-state index in [0.29, 0.717) is 5.57 Å². The molecule has 0 saturated heterocycles. The number of benzene rings is 2. The Hall–Kier alpha value is -3.08. The largest absolute Gasteiger partial charge is 0.480 e. The lowest BCUT2D eigenvalue weighted by Crippen LogP contribution is -2.29. The van der Waals surface area contributed by atoms with Gasteiger partial charge in [-0.2, -0.15) is 0 Å². The van der Waals surface area contributed by atoms with Gasteiger partial charge in [0.15, 0.2) is 0 Å². The molecule has 0 unspecified atom stereocenters. The van der Waals surface area contributed by atoms with Crippen molar-refractivity contribution in [2.45, 2.75) is 27.2 Å². The highest BCUT2D eigenvalue weighted by Crippen LogP contribution is 2.32. The van der Waals surface area contributed by atoms with Crippen LogP contribution in [-0.2, 0) is 16.0 Å². The van der Waals surface area contributed by atoms with Gasteiger partial charge in [-0.05, 0) is 78.8 Å². The fraction of sp³-hybridized carbons (Fsp3) is 0.273. The number of carbonyl (C=O) groups is 2.